The van der Waals surface area contributed by atoms with Crippen LogP contribution >= 0.6 is 24.2 Å². The van der Waals surface area contributed by atoms with Gasteiger partial charge in [0.1, 0.15) is 0 Å². The van der Waals surface area contributed by atoms with E-state index in [0.717, 1.165) is 24.5 Å². The first kappa shape index (κ1) is 22.1. The average Bonchev–Trinajstić information content (AvgIpc) is 2.64. The molecule has 3 rings (SSSR count). The topological polar surface area (TPSA) is 70.2 Å². The van der Waals surface area contributed by atoms with Crippen molar-refractivity contribution < 1.29 is 9.59 Å². The fraction of sp³-hybridized carbons (Fsp3) is 0.600. The summed E-state index contributed by atoms with van der Waals surface area (Å²) in [6.07, 6.45) is 6.36. The number of halogens is 1. The molecule has 0 spiro atoms. The predicted octanol–water partition coefficient (Wildman–Crippen LogP) is 2.85. The second-order valence-corrected chi connectivity index (χ2v) is 8.34. The predicted molar refractivity (Wildman–Crippen MR) is 113 cm³/mol. The van der Waals surface area contributed by atoms with Gasteiger partial charge in [-0.3, -0.25) is 9.59 Å². The van der Waals surface area contributed by atoms with Crippen LogP contribution in [-0.4, -0.2) is 43.7 Å². The number of benzene rings is 1. The molecule has 0 unspecified atom stereocenters. The molecule has 2 aliphatic rings. The van der Waals surface area contributed by atoms with Crippen LogP contribution in [0.3, 0.4) is 0 Å². The van der Waals surface area contributed by atoms with Crippen molar-refractivity contribution in [3.05, 3.63) is 29.8 Å². The zero-order valence-electron chi connectivity index (χ0n) is 15.7. The van der Waals surface area contributed by atoms with Gasteiger partial charge >= 0.3 is 0 Å². The van der Waals surface area contributed by atoms with E-state index in [4.69, 9.17) is 0 Å². The van der Waals surface area contributed by atoms with E-state index in [9.17, 15) is 9.59 Å². The van der Waals surface area contributed by atoms with Crippen LogP contribution in [0.1, 0.15) is 42.5 Å². The Kier molecular flexibility index (Phi) is 9.45. The van der Waals surface area contributed by atoms with Crippen molar-refractivity contribution in [2.45, 2.75) is 37.0 Å². The van der Waals surface area contributed by atoms with Crippen molar-refractivity contribution in [2.75, 3.05) is 31.9 Å². The van der Waals surface area contributed by atoms with Gasteiger partial charge in [-0.05, 0) is 30.9 Å². The molecule has 0 bridgehead atoms. The molecule has 0 atom stereocenters. The molecule has 1 aliphatic heterocycles. The summed E-state index contributed by atoms with van der Waals surface area (Å²) in [5.41, 5.74) is 0.657. The highest BCUT2D eigenvalue weighted by Crippen LogP contribution is 2.24. The number of carbonyl (C=O) groups excluding carboxylic acids is 2. The van der Waals surface area contributed by atoms with Gasteiger partial charge in [0.25, 0.3) is 5.91 Å². The molecule has 150 valence electrons. The van der Waals surface area contributed by atoms with Crippen molar-refractivity contribution in [1.29, 1.82) is 0 Å². The summed E-state index contributed by atoms with van der Waals surface area (Å²) < 4.78 is 0. The van der Waals surface area contributed by atoms with E-state index in [-0.39, 0.29) is 24.2 Å². The van der Waals surface area contributed by atoms with Gasteiger partial charge in [0.2, 0.25) is 5.91 Å². The molecule has 1 aromatic rings. The van der Waals surface area contributed by atoms with Crippen LogP contribution in [0.2, 0.25) is 0 Å². The highest BCUT2D eigenvalue weighted by atomic mass is 35.5. The monoisotopic (exact) mass is 411 g/mol. The van der Waals surface area contributed by atoms with Gasteiger partial charge in [0, 0.05) is 37.0 Å². The van der Waals surface area contributed by atoms with Crippen LogP contribution in [0.25, 0.3) is 0 Å². The number of rotatable bonds is 8. The summed E-state index contributed by atoms with van der Waals surface area (Å²) in [7, 11) is 0. The minimum absolute atomic E-state index is 0. The molecule has 1 aliphatic carbocycles. The number of hydrogen-bond donors (Lipinski definition) is 3. The Bertz CT molecular complexity index is 619. The Morgan fingerprint density at radius 1 is 1.00 bits per heavy atom. The smallest absolute Gasteiger partial charge is 0.252 e. The molecular weight excluding hydrogens is 382 g/mol. The molecular formula is C20H30ClN3O2S. The Labute approximate surface area is 172 Å². The van der Waals surface area contributed by atoms with E-state index in [1.165, 1.54) is 43.9 Å². The molecule has 1 aromatic carbocycles. The molecule has 2 fully saturated rings. The summed E-state index contributed by atoms with van der Waals surface area (Å²) in [4.78, 5) is 25.5. The van der Waals surface area contributed by atoms with Crippen molar-refractivity contribution >= 4 is 36.0 Å². The van der Waals surface area contributed by atoms with Crippen molar-refractivity contribution in [2.24, 2.45) is 11.8 Å². The molecule has 0 radical (unpaired) electrons. The Morgan fingerprint density at radius 2 is 1.70 bits per heavy atom. The van der Waals surface area contributed by atoms with Crippen LogP contribution in [0.5, 0.6) is 0 Å². The summed E-state index contributed by atoms with van der Waals surface area (Å²) in [6, 6.07) is 7.53. The molecule has 1 saturated heterocycles. The van der Waals surface area contributed by atoms with Crippen molar-refractivity contribution in [3.8, 4) is 0 Å². The van der Waals surface area contributed by atoms with E-state index >= 15 is 0 Å². The molecule has 3 N–H and O–H groups in total. The van der Waals surface area contributed by atoms with Crippen LogP contribution < -0.4 is 16.0 Å². The maximum Gasteiger partial charge on any atom is 0.252 e. The first-order valence-electron chi connectivity index (χ1n) is 9.70. The van der Waals surface area contributed by atoms with E-state index in [2.05, 4.69) is 16.0 Å². The van der Waals surface area contributed by atoms with E-state index in [0.29, 0.717) is 29.7 Å². The lowest BCUT2D eigenvalue weighted by atomic mass is 9.89. The van der Waals surface area contributed by atoms with Crippen molar-refractivity contribution in [1.82, 2.24) is 16.0 Å². The fourth-order valence-corrected chi connectivity index (χ4v) is 4.33. The zero-order chi connectivity index (χ0) is 18.2. The van der Waals surface area contributed by atoms with Crippen LogP contribution in [0.15, 0.2) is 29.2 Å². The third-order valence-electron chi connectivity index (χ3n) is 5.22. The first-order chi connectivity index (χ1) is 12.7. The lowest BCUT2D eigenvalue weighted by molar-refractivity contribution is -0.118. The normalized spacial score (nSPS) is 17.5. The van der Waals surface area contributed by atoms with Gasteiger partial charge < -0.3 is 16.0 Å². The number of carbonyl (C=O) groups is 2. The molecule has 1 saturated carbocycles. The second kappa shape index (κ2) is 11.6. The lowest BCUT2D eigenvalue weighted by Crippen LogP contribution is -2.48. The number of thioether (sulfide) groups is 1. The van der Waals surface area contributed by atoms with E-state index in [1.807, 2.05) is 24.3 Å². The third kappa shape index (κ3) is 7.01. The number of amides is 2. The highest BCUT2D eigenvalue weighted by Gasteiger charge is 2.19. The molecule has 1 heterocycles. The van der Waals surface area contributed by atoms with Crippen LogP contribution in [-0.2, 0) is 4.79 Å². The van der Waals surface area contributed by atoms with Crippen molar-refractivity contribution in [3.63, 3.8) is 0 Å². The zero-order valence-corrected chi connectivity index (χ0v) is 17.3. The van der Waals surface area contributed by atoms with Gasteiger partial charge in [0.15, 0.2) is 0 Å². The lowest BCUT2D eigenvalue weighted by Gasteiger charge is -2.27. The quantitative estimate of drug-likeness (QED) is 0.575. The fourth-order valence-electron chi connectivity index (χ4n) is 3.45. The van der Waals surface area contributed by atoms with Crippen LogP contribution in [0, 0.1) is 11.8 Å². The molecule has 2 amide bonds. The van der Waals surface area contributed by atoms with Gasteiger partial charge in [-0.2, -0.15) is 0 Å². The molecule has 0 aromatic heterocycles. The number of nitrogens with one attached hydrogen (secondary N) is 3. The van der Waals surface area contributed by atoms with E-state index in [1.54, 1.807) is 0 Å². The Morgan fingerprint density at radius 3 is 2.41 bits per heavy atom. The summed E-state index contributed by atoms with van der Waals surface area (Å²) >= 11 is 1.44. The number of hydrogen-bond acceptors (Lipinski definition) is 4. The van der Waals surface area contributed by atoms with Gasteiger partial charge in [-0.1, -0.05) is 31.4 Å². The summed E-state index contributed by atoms with van der Waals surface area (Å²) in [5, 5.41) is 9.27. The minimum atomic E-state index is -0.0531. The third-order valence-corrected chi connectivity index (χ3v) is 6.29. The average molecular weight is 412 g/mol. The standard InChI is InChI=1S/C20H29N3O2S.ClH/c24-19(22-12-15-6-2-1-3-7-15)14-26-18-9-5-4-8-17(18)20(25)23-13-16-10-21-11-16;/h4-5,8-9,15-16,21H,1-3,6-7,10-14H2,(H,22,24)(H,23,25);1H. The largest absolute Gasteiger partial charge is 0.355 e. The maximum atomic E-state index is 12.4. The molecule has 27 heavy (non-hydrogen) atoms. The SMILES string of the molecule is Cl.O=C(CSc1ccccc1C(=O)NCC1CNC1)NCC1CCCCC1. The molecule has 5 nitrogen and oxygen atoms in total. The van der Waals surface area contributed by atoms with Gasteiger partial charge in [-0.15, -0.1) is 24.2 Å². The first-order valence-corrected chi connectivity index (χ1v) is 10.7. The highest BCUT2D eigenvalue weighted by molar-refractivity contribution is 8.00. The summed E-state index contributed by atoms with van der Waals surface area (Å²) in [6.45, 7) is 3.43. The minimum Gasteiger partial charge on any atom is -0.355 e. The van der Waals surface area contributed by atoms with Gasteiger partial charge in [0.05, 0.1) is 11.3 Å². The summed E-state index contributed by atoms with van der Waals surface area (Å²) in [5.74, 6) is 1.52. The second-order valence-electron chi connectivity index (χ2n) is 7.33. The van der Waals surface area contributed by atoms with Gasteiger partial charge in [-0.25, -0.2) is 0 Å². The maximum absolute atomic E-state index is 12.4. The molecule has 7 heteroatoms. The Hall–Kier alpha value is -1.24. The Balaban J connectivity index is 0.00000261. The van der Waals surface area contributed by atoms with Crippen LogP contribution in [0.4, 0.5) is 0 Å². The van der Waals surface area contributed by atoms with E-state index < -0.39 is 0 Å².